The van der Waals surface area contributed by atoms with Crippen LogP contribution in [0.3, 0.4) is 0 Å². The number of hydrogen-bond acceptors (Lipinski definition) is 6. The number of para-hydroxylation sites is 1. The summed E-state index contributed by atoms with van der Waals surface area (Å²) in [4.78, 5) is 14.7. The normalized spacial score (nSPS) is 17.0. The number of benzene rings is 1. The molecule has 110 valence electrons. The molecule has 0 bridgehead atoms. The summed E-state index contributed by atoms with van der Waals surface area (Å²) in [5.41, 5.74) is 1.03. The van der Waals surface area contributed by atoms with Crippen LogP contribution in [0.2, 0.25) is 0 Å². The predicted molar refractivity (Wildman–Crippen MR) is 70.0 cm³/mol. The fourth-order valence-electron chi connectivity index (χ4n) is 2.30. The van der Waals surface area contributed by atoms with Gasteiger partial charge in [0.05, 0.1) is 12.5 Å². The second kappa shape index (κ2) is 5.92. The van der Waals surface area contributed by atoms with Crippen molar-refractivity contribution < 1.29 is 23.9 Å². The van der Waals surface area contributed by atoms with Gasteiger partial charge in [0.25, 0.3) is 5.89 Å². The molecular formula is C14H14N2O5. The van der Waals surface area contributed by atoms with Gasteiger partial charge in [-0.2, -0.15) is 4.98 Å². The van der Waals surface area contributed by atoms with E-state index in [0.717, 1.165) is 17.7 Å². The molecule has 21 heavy (non-hydrogen) atoms. The van der Waals surface area contributed by atoms with E-state index < -0.39 is 12.6 Å². The van der Waals surface area contributed by atoms with Crippen LogP contribution < -0.4 is 4.74 Å². The van der Waals surface area contributed by atoms with Gasteiger partial charge < -0.3 is 19.1 Å². The number of fused-ring (bicyclic) bond motifs is 1. The Labute approximate surface area is 120 Å². The number of hydrogen-bond donors (Lipinski definition) is 1. The quantitative estimate of drug-likeness (QED) is 0.893. The summed E-state index contributed by atoms with van der Waals surface area (Å²) in [6.45, 7) is 0.197. The molecule has 7 nitrogen and oxygen atoms in total. The van der Waals surface area contributed by atoms with Gasteiger partial charge in [0, 0.05) is 5.56 Å². The van der Waals surface area contributed by atoms with E-state index in [9.17, 15) is 4.79 Å². The minimum Gasteiger partial charge on any atom is -0.493 e. The molecule has 1 N–H and O–H groups in total. The average molecular weight is 290 g/mol. The van der Waals surface area contributed by atoms with Gasteiger partial charge in [-0.3, -0.25) is 0 Å². The van der Waals surface area contributed by atoms with Gasteiger partial charge in [-0.15, -0.1) is 0 Å². The van der Waals surface area contributed by atoms with Gasteiger partial charge >= 0.3 is 5.97 Å². The van der Waals surface area contributed by atoms with E-state index in [1.807, 2.05) is 24.3 Å². The second-order valence-corrected chi connectivity index (χ2v) is 4.66. The van der Waals surface area contributed by atoms with Gasteiger partial charge in [-0.25, -0.2) is 4.79 Å². The van der Waals surface area contributed by atoms with Crippen LogP contribution >= 0.6 is 0 Å². The Bertz CT molecular complexity index is 640. The first-order chi connectivity index (χ1) is 10.2. The third kappa shape index (κ3) is 3.03. The minimum atomic E-state index is -1.03. The van der Waals surface area contributed by atoms with Crippen molar-refractivity contribution in [2.45, 2.75) is 18.9 Å². The summed E-state index contributed by atoms with van der Waals surface area (Å²) in [6, 6.07) is 7.76. The van der Waals surface area contributed by atoms with Gasteiger partial charge in [0.15, 0.2) is 5.82 Å². The number of aromatic nitrogens is 2. The summed E-state index contributed by atoms with van der Waals surface area (Å²) in [5, 5.41) is 12.5. The van der Waals surface area contributed by atoms with Crippen LogP contribution in [0.15, 0.2) is 28.8 Å². The standard InChI is InChI=1S/C14H14N2O5/c17-13(18)8-19-7-12-15-14(16-21-12)10-5-6-20-11-4-2-1-3-9(10)11/h1-4,10H,5-8H2,(H,17,18). The van der Waals surface area contributed by atoms with Crippen molar-refractivity contribution in [1.82, 2.24) is 10.1 Å². The molecule has 0 saturated heterocycles. The Hall–Kier alpha value is -2.41. The maximum Gasteiger partial charge on any atom is 0.329 e. The van der Waals surface area contributed by atoms with Crippen LogP contribution in [0.5, 0.6) is 5.75 Å². The van der Waals surface area contributed by atoms with E-state index in [-0.39, 0.29) is 18.4 Å². The summed E-state index contributed by atoms with van der Waals surface area (Å²) < 4.78 is 15.6. The number of carbonyl (C=O) groups is 1. The van der Waals surface area contributed by atoms with Crippen molar-refractivity contribution in [2.75, 3.05) is 13.2 Å². The molecule has 1 unspecified atom stereocenters. The van der Waals surface area contributed by atoms with Crippen LogP contribution in [-0.4, -0.2) is 34.4 Å². The Morgan fingerprint density at radius 1 is 1.43 bits per heavy atom. The third-order valence-electron chi connectivity index (χ3n) is 3.21. The Kier molecular flexibility index (Phi) is 3.83. The molecule has 7 heteroatoms. The number of carboxylic acid groups (broad SMARTS) is 1. The van der Waals surface area contributed by atoms with E-state index >= 15 is 0 Å². The molecule has 1 atom stereocenters. The van der Waals surface area contributed by atoms with Crippen molar-refractivity contribution >= 4 is 5.97 Å². The molecule has 0 radical (unpaired) electrons. The molecule has 1 aromatic carbocycles. The highest BCUT2D eigenvalue weighted by molar-refractivity contribution is 5.67. The summed E-state index contributed by atoms with van der Waals surface area (Å²) >= 11 is 0. The number of nitrogens with zero attached hydrogens (tertiary/aromatic N) is 2. The fraction of sp³-hybridized carbons (Fsp3) is 0.357. The summed E-state index contributed by atoms with van der Waals surface area (Å²) in [6.07, 6.45) is 0.770. The molecule has 0 spiro atoms. The Morgan fingerprint density at radius 3 is 3.14 bits per heavy atom. The molecular weight excluding hydrogens is 276 g/mol. The summed E-state index contributed by atoms with van der Waals surface area (Å²) in [5.74, 6) is 0.664. The van der Waals surface area contributed by atoms with Gasteiger partial charge in [-0.1, -0.05) is 23.4 Å². The Morgan fingerprint density at radius 2 is 2.29 bits per heavy atom. The van der Waals surface area contributed by atoms with Crippen LogP contribution in [0.25, 0.3) is 0 Å². The number of ether oxygens (including phenoxy) is 2. The van der Waals surface area contributed by atoms with E-state index in [1.54, 1.807) is 0 Å². The van der Waals surface area contributed by atoms with Crippen molar-refractivity contribution in [3.63, 3.8) is 0 Å². The number of carboxylic acids is 1. The Balaban J connectivity index is 1.73. The van der Waals surface area contributed by atoms with Crippen LogP contribution in [0, 0.1) is 0 Å². The molecule has 2 heterocycles. The largest absolute Gasteiger partial charge is 0.493 e. The zero-order valence-corrected chi connectivity index (χ0v) is 11.2. The summed E-state index contributed by atoms with van der Waals surface area (Å²) in [7, 11) is 0. The van der Waals surface area contributed by atoms with Crippen molar-refractivity contribution in [1.29, 1.82) is 0 Å². The van der Waals surface area contributed by atoms with Gasteiger partial charge in [0.1, 0.15) is 19.0 Å². The lowest BCUT2D eigenvalue weighted by Crippen LogP contribution is -2.16. The molecule has 0 amide bonds. The zero-order valence-electron chi connectivity index (χ0n) is 11.2. The molecule has 1 aliphatic rings. The zero-order chi connectivity index (χ0) is 14.7. The van der Waals surface area contributed by atoms with Crippen LogP contribution in [-0.2, 0) is 16.1 Å². The van der Waals surface area contributed by atoms with Crippen molar-refractivity contribution in [3.8, 4) is 5.75 Å². The topological polar surface area (TPSA) is 94.7 Å². The predicted octanol–water partition coefficient (Wildman–Crippen LogP) is 1.59. The molecule has 1 aromatic heterocycles. The third-order valence-corrected chi connectivity index (χ3v) is 3.21. The minimum absolute atomic E-state index is 0.00976. The smallest absolute Gasteiger partial charge is 0.329 e. The van der Waals surface area contributed by atoms with Gasteiger partial charge in [-0.05, 0) is 12.5 Å². The molecule has 0 aliphatic carbocycles. The lowest BCUT2D eigenvalue weighted by Gasteiger charge is -2.23. The monoisotopic (exact) mass is 290 g/mol. The highest BCUT2D eigenvalue weighted by Crippen LogP contribution is 2.36. The molecule has 2 aromatic rings. The van der Waals surface area contributed by atoms with Crippen LogP contribution in [0.1, 0.15) is 29.6 Å². The van der Waals surface area contributed by atoms with E-state index in [0.29, 0.717) is 12.4 Å². The van der Waals surface area contributed by atoms with E-state index in [4.69, 9.17) is 19.1 Å². The highest BCUT2D eigenvalue weighted by atomic mass is 16.5. The van der Waals surface area contributed by atoms with Crippen LogP contribution in [0.4, 0.5) is 0 Å². The second-order valence-electron chi connectivity index (χ2n) is 4.66. The number of rotatable bonds is 5. The molecule has 0 fully saturated rings. The maximum atomic E-state index is 10.4. The maximum absolute atomic E-state index is 10.4. The highest BCUT2D eigenvalue weighted by Gasteiger charge is 2.26. The molecule has 0 saturated carbocycles. The van der Waals surface area contributed by atoms with E-state index in [1.165, 1.54) is 0 Å². The van der Waals surface area contributed by atoms with Gasteiger partial charge in [0.2, 0.25) is 0 Å². The molecule has 1 aliphatic heterocycles. The first-order valence-electron chi connectivity index (χ1n) is 6.58. The first-order valence-corrected chi connectivity index (χ1v) is 6.58. The average Bonchev–Trinajstić information content (AvgIpc) is 2.95. The fourth-order valence-corrected chi connectivity index (χ4v) is 2.30. The van der Waals surface area contributed by atoms with E-state index in [2.05, 4.69) is 10.1 Å². The molecule has 3 rings (SSSR count). The SMILES string of the molecule is O=C(O)COCc1nc(C2CCOc3ccccc32)no1. The number of aliphatic carboxylic acids is 1. The first kappa shape index (κ1) is 13.6. The lowest BCUT2D eigenvalue weighted by molar-refractivity contribution is -0.142. The van der Waals surface area contributed by atoms with Crippen molar-refractivity contribution in [3.05, 3.63) is 41.5 Å². The lowest BCUT2D eigenvalue weighted by atomic mass is 9.92. The van der Waals surface area contributed by atoms with Crippen molar-refractivity contribution in [2.24, 2.45) is 0 Å².